The molecule has 0 bridgehead atoms. The van der Waals surface area contributed by atoms with Crippen molar-refractivity contribution in [2.75, 3.05) is 6.61 Å². The van der Waals surface area contributed by atoms with Crippen molar-refractivity contribution in [3.63, 3.8) is 0 Å². The second kappa shape index (κ2) is 7.30. The van der Waals surface area contributed by atoms with Gasteiger partial charge in [0.1, 0.15) is 5.75 Å². The second-order valence-electron chi connectivity index (χ2n) is 5.76. The summed E-state index contributed by atoms with van der Waals surface area (Å²) in [5.74, 6) is -1.60. The van der Waals surface area contributed by atoms with E-state index >= 15 is 0 Å². The molecule has 0 radical (unpaired) electrons. The Labute approximate surface area is 144 Å². The number of fused-ring (bicyclic) bond motifs is 1. The van der Waals surface area contributed by atoms with Crippen LogP contribution in [0, 0.1) is 11.6 Å². The van der Waals surface area contributed by atoms with Crippen LogP contribution in [0.15, 0.2) is 60.7 Å². The van der Waals surface area contributed by atoms with Crippen molar-refractivity contribution in [1.82, 2.24) is 5.32 Å². The predicted molar refractivity (Wildman–Crippen MR) is 92.4 cm³/mol. The molecular formula is C20H17F2NO2. The molecule has 0 fully saturated rings. The third-order valence-electron chi connectivity index (χ3n) is 3.91. The average molecular weight is 341 g/mol. The fourth-order valence-electron chi connectivity index (χ4n) is 2.55. The van der Waals surface area contributed by atoms with Gasteiger partial charge in [0.25, 0.3) is 5.91 Å². The summed E-state index contributed by atoms with van der Waals surface area (Å²) in [6.07, 6.45) is 0. The number of nitrogens with one attached hydrogen (secondary N) is 1. The Balaban J connectivity index is 1.58. The molecule has 128 valence electrons. The third-order valence-corrected chi connectivity index (χ3v) is 3.91. The van der Waals surface area contributed by atoms with E-state index in [1.54, 1.807) is 13.0 Å². The molecule has 3 aromatic rings. The molecule has 1 N–H and O–H groups in total. The minimum atomic E-state index is -0.939. The monoisotopic (exact) mass is 341 g/mol. The van der Waals surface area contributed by atoms with Crippen LogP contribution in [0.5, 0.6) is 5.75 Å². The van der Waals surface area contributed by atoms with Gasteiger partial charge in [-0.25, -0.2) is 8.78 Å². The van der Waals surface area contributed by atoms with Crippen LogP contribution in [0.1, 0.15) is 18.5 Å². The van der Waals surface area contributed by atoms with Crippen LogP contribution in [-0.4, -0.2) is 12.5 Å². The van der Waals surface area contributed by atoms with Crippen molar-refractivity contribution in [3.05, 3.63) is 77.9 Å². The standard InChI is InChI=1S/C20H17F2NO2/c1-13(15-7-9-18(21)19(22)11-15)23-20(24)12-25-17-8-6-14-4-2-3-5-16(14)10-17/h2-11,13H,12H2,1H3,(H,23,24). The molecule has 5 heteroatoms. The molecule has 0 aliphatic rings. The lowest BCUT2D eigenvalue weighted by molar-refractivity contribution is -0.123. The first-order valence-corrected chi connectivity index (χ1v) is 7.89. The molecule has 0 aliphatic carbocycles. The summed E-state index contributed by atoms with van der Waals surface area (Å²) in [4.78, 5) is 12.0. The van der Waals surface area contributed by atoms with Crippen molar-refractivity contribution in [1.29, 1.82) is 0 Å². The summed E-state index contributed by atoms with van der Waals surface area (Å²) in [5.41, 5.74) is 0.484. The number of ether oxygens (including phenoxy) is 1. The van der Waals surface area contributed by atoms with Crippen LogP contribution in [0.3, 0.4) is 0 Å². The van der Waals surface area contributed by atoms with Crippen molar-refractivity contribution in [2.24, 2.45) is 0 Å². The first-order valence-electron chi connectivity index (χ1n) is 7.89. The molecule has 1 amide bonds. The number of carbonyl (C=O) groups excluding carboxylic acids is 1. The van der Waals surface area contributed by atoms with Gasteiger partial charge in [-0.05, 0) is 47.5 Å². The maximum absolute atomic E-state index is 13.3. The highest BCUT2D eigenvalue weighted by atomic mass is 19.2. The van der Waals surface area contributed by atoms with E-state index in [1.165, 1.54) is 6.07 Å². The van der Waals surface area contributed by atoms with Crippen LogP contribution in [0.2, 0.25) is 0 Å². The first-order chi connectivity index (χ1) is 12.0. The van der Waals surface area contributed by atoms with E-state index in [-0.39, 0.29) is 12.5 Å². The van der Waals surface area contributed by atoms with E-state index in [4.69, 9.17) is 4.74 Å². The van der Waals surface area contributed by atoms with Gasteiger partial charge in [0, 0.05) is 0 Å². The zero-order valence-corrected chi connectivity index (χ0v) is 13.6. The Morgan fingerprint density at radius 2 is 1.76 bits per heavy atom. The topological polar surface area (TPSA) is 38.3 Å². The summed E-state index contributed by atoms with van der Waals surface area (Å²) in [5, 5.41) is 4.81. The molecule has 3 aromatic carbocycles. The number of amides is 1. The second-order valence-corrected chi connectivity index (χ2v) is 5.76. The van der Waals surface area contributed by atoms with Gasteiger partial charge in [-0.15, -0.1) is 0 Å². The molecule has 1 atom stereocenters. The van der Waals surface area contributed by atoms with Crippen LogP contribution in [0.25, 0.3) is 10.8 Å². The smallest absolute Gasteiger partial charge is 0.258 e. The summed E-state index contributed by atoms with van der Waals surface area (Å²) in [7, 11) is 0. The molecule has 25 heavy (non-hydrogen) atoms. The quantitative estimate of drug-likeness (QED) is 0.748. The Kier molecular flexibility index (Phi) is 4.93. The third kappa shape index (κ3) is 4.12. The van der Waals surface area contributed by atoms with E-state index in [0.717, 1.165) is 22.9 Å². The van der Waals surface area contributed by atoms with Gasteiger partial charge in [-0.3, -0.25) is 4.79 Å². The van der Waals surface area contributed by atoms with Crippen LogP contribution < -0.4 is 10.1 Å². The Morgan fingerprint density at radius 1 is 1.00 bits per heavy atom. The molecule has 3 nitrogen and oxygen atoms in total. The van der Waals surface area contributed by atoms with Gasteiger partial charge >= 0.3 is 0 Å². The van der Waals surface area contributed by atoms with Gasteiger partial charge < -0.3 is 10.1 Å². The minimum Gasteiger partial charge on any atom is -0.484 e. The highest BCUT2D eigenvalue weighted by molar-refractivity contribution is 5.84. The van der Waals surface area contributed by atoms with E-state index in [0.29, 0.717) is 11.3 Å². The Morgan fingerprint density at radius 3 is 2.52 bits per heavy atom. The number of carbonyl (C=O) groups is 1. The van der Waals surface area contributed by atoms with Gasteiger partial charge in [0.15, 0.2) is 18.2 Å². The van der Waals surface area contributed by atoms with Gasteiger partial charge in [0.2, 0.25) is 0 Å². The lowest BCUT2D eigenvalue weighted by Gasteiger charge is -2.15. The SMILES string of the molecule is CC(NC(=O)COc1ccc2ccccc2c1)c1ccc(F)c(F)c1. The van der Waals surface area contributed by atoms with E-state index in [2.05, 4.69) is 5.32 Å². The van der Waals surface area contributed by atoms with E-state index < -0.39 is 17.7 Å². The lowest BCUT2D eigenvalue weighted by Crippen LogP contribution is -2.31. The molecule has 0 aliphatic heterocycles. The largest absolute Gasteiger partial charge is 0.484 e. The summed E-state index contributed by atoms with van der Waals surface area (Å²) in [6.45, 7) is 1.53. The summed E-state index contributed by atoms with van der Waals surface area (Å²) < 4.78 is 31.7. The van der Waals surface area contributed by atoms with Crippen LogP contribution >= 0.6 is 0 Å². The zero-order chi connectivity index (χ0) is 17.8. The Bertz CT molecular complexity index is 911. The van der Waals surface area contributed by atoms with Gasteiger partial charge in [0.05, 0.1) is 6.04 Å². The summed E-state index contributed by atoms with van der Waals surface area (Å²) >= 11 is 0. The fourth-order valence-corrected chi connectivity index (χ4v) is 2.55. The summed E-state index contributed by atoms with van der Waals surface area (Å²) in [6, 6.07) is 16.5. The highest BCUT2D eigenvalue weighted by Crippen LogP contribution is 2.20. The average Bonchev–Trinajstić information content (AvgIpc) is 2.62. The minimum absolute atomic E-state index is 0.160. The number of halogens is 2. The van der Waals surface area contributed by atoms with Gasteiger partial charge in [-0.2, -0.15) is 0 Å². The van der Waals surface area contributed by atoms with E-state index in [1.807, 2.05) is 36.4 Å². The molecule has 0 saturated carbocycles. The van der Waals surface area contributed by atoms with Crippen molar-refractivity contribution in [2.45, 2.75) is 13.0 Å². The number of rotatable bonds is 5. The fraction of sp³-hybridized carbons (Fsp3) is 0.150. The molecule has 0 aromatic heterocycles. The van der Waals surface area contributed by atoms with Crippen molar-refractivity contribution in [3.8, 4) is 5.75 Å². The molecule has 0 heterocycles. The van der Waals surface area contributed by atoms with E-state index in [9.17, 15) is 13.6 Å². The first kappa shape index (κ1) is 16.9. The zero-order valence-electron chi connectivity index (χ0n) is 13.6. The Hall–Kier alpha value is -2.95. The highest BCUT2D eigenvalue weighted by Gasteiger charge is 2.12. The van der Waals surface area contributed by atoms with Crippen LogP contribution in [0.4, 0.5) is 8.78 Å². The molecule has 0 saturated heterocycles. The maximum atomic E-state index is 13.3. The number of hydrogen-bond donors (Lipinski definition) is 1. The van der Waals surface area contributed by atoms with Crippen LogP contribution in [-0.2, 0) is 4.79 Å². The normalized spacial score (nSPS) is 12.0. The number of benzene rings is 3. The maximum Gasteiger partial charge on any atom is 0.258 e. The number of hydrogen-bond acceptors (Lipinski definition) is 2. The predicted octanol–water partition coefficient (Wildman–Crippen LogP) is 4.37. The van der Waals surface area contributed by atoms with Crippen molar-refractivity contribution >= 4 is 16.7 Å². The van der Waals surface area contributed by atoms with Gasteiger partial charge in [-0.1, -0.05) is 36.4 Å². The molecule has 0 spiro atoms. The lowest BCUT2D eigenvalue weighted by atomic mass is 10.1. The molecule has 3 rings (SSSR count). The molecular weight excluding hydrogens is 324 g/mol. The van der Waals surface area contributed by atoms with Crippen molar-refractivity contribution < 1.29 is 18.3 Å². The molecule has 1 unspecified atom stereocenters.